The highest BCUT2D eigenvalue weighted by molar-refractivity contribution is 6.51. The van der Waals surface area contributed by atoms with Crippen LogP contribution in [0.5, 0.6) is 0 Å². The summed E-state index contributed by atoms with van der Waals surface area (Å²) < 4.78 is 0. The Morgan fingerprint density at radius 1 is 0.452 bits per heavy atom. The summed E-state index contributed by atoms with van der Waals surface area (Å²) in [6, 6.07) is 8.66. The number of carbonyl (C=O) groups is 6. The maximum atomic E-state index is 13.1. The summed E-state index contributed by atoms with van der Waals surface area (Å²) in [5.74, 6) is -4.77. The maximum Gasteiger partial charge on any atom is 0.269 e. The molecule has 15 nitrogen and oxygen atoms in total. The van der Waals surface area contributed by atoms with Crippen LogP contribution in [0.1, 0.15) is 31.1 Å². The van der Waals surface area contributed by atoms with Crippen LogP contribution in [0.2, 0.25) is 0 Å². The number of hydrogen-bond acceptors (Lipinski definition) is 12. The number of aromatic nitrogens is 3. The van der Waals surface area contributed by atoms with Crippen molar-refractivity contribution in [3.05, 3.63) is 126 Å². The molecule has 1 fully saturated rings. The van der Waals surface area contributed by atoms with Crippen LogP contribution in [-0.2, 0) is 14.4 Å². The molecule has 0 unspecified atom stereocenters. The lowest BCUT2D eigenvalue weighted by atomic mass is 9.84. The van der Waals surface area contributed by atoms with E-state index in [9.17, 15) is 28.8 Å². The molecule has 0 spiro atoms. The molecule has 42 heavy (non-hydrogen) atoms. The first kappa shape index (κ1) is 28.5. The van der Waals surface area contributed by atoms with E-state index in [4.69, 9.17) is 0 Å². The zero-order valence-electron chi connectivity index (χ0n) is 21.5. The zero-order valence-corrected chi connectivity index (χ0v) is 21.5. The molecule has 0 radical (unpaired) electrons. The lowest BCUT2D eigenvalue weighted by molar-refractivity contribution is -0.124. The van der Waals surface area contributed by atoms with Gasteiger partial charge in [0, 0.05) is 72.5 Å². The van der Waals surface area contributed by atoms with Crippen LogP contribution in [0, 0.1) is 0 Å². The number of pyridine rings is 3. The Labute approximate surface area is 237 Å². The second kappa shape index (κ2) is 13.5. The van der Waals surface area contributed by atoms with Crippen molar-refractivity contribution >= 4 is 35.1 Å². The van der Waals surface area contributed by atoms with Gasteiger partial charge in [0.05, 0.1) is 16.7 Å². The van der Waals surface area contributed by atoms with Crippen LogP contribution in [0.15, 0.2) is 109 Å². The van der Waals surface area contributed by atoms with Gasteiger partial charge in [0.15, 0.2) is 0 Å². The summed E-state index contributed by atoms with van der Waals surface area (Å²) >= 11 is 0. The predicted octanol–water partition coefficient (Wildman–Crippen LogP) is -0.652. The molecule has 0 saturated heterocycles. The second-order valence-electron chi connectivity index (χ2n) is 8.16. The van der Waals surface area contributed by atoms with E-state index < -0.39 is 51.8 Å². The Morgan fingerprint density at radius 2 is 0.690 bits per heavy atom. The normalized spacial score (nSPS) is 12.6. The first-order chi connectivity index (χ1) is 20.4. The molecule has 0 atom stereocenters. The van der Waals surface area contributed by atoms with Gasteiger partial charge in [-0.3, -0.25) is 60.0 Å². The number of rotatable bonds is 9. The molecule has 1 aliphatic rings. The van der Waals surface area contributed by atoms with E-state index in [0.717, 1.165) is 18.6 Å². The summed E-state index contributed by atoms with van der Waals surface area (Å²) in [5, 5.41) is 0. The van der Waals surface area contributed by atoms with Crippen LogP contribution in [0.4, 0.5) is 0 Å². The quantitative estimate of drug-likeness (QED) is 0.108. The highest BCUT2D eigenvalue weighted by atomic mass is 16.2. The van der Waals surface area contributed by atoms with Gasteiger partial charge < -0.3 is 16.3 Å². The van der Waals surface area contributed by atoms with Gasteiger partial charge in [-0.1, -0.05) is 0 Å². The first-order valence-electron chi connectivity index (χ1n) is 12.0. The van der Waals surface area contributed by atoms with Crippen LogP contribution in [0.3, 0.4) is 0 Å². The Kier molecular flexibility index (Phi) is 9.17. The third kappa shape index (κ3) is 6.92. The molecule has 3 amide bonds. The molecule has 3 heterocycles. The third-order valence-electron chi connectivity index (χ3n) is 5.50. The summed E-state index contributed by atoms with van der Waals surface area (Å²) in [5.41, 5.74) is 13.2. The minimum absolute atomic E-state index is 0.247. The molecule has 0 aromatic carbocycles. The number of ketones is 3. The number of nitrogens with zero attached hydrogens (tertiary/aromatic N) is 3. The minimum Gasteiger partial charge on any atom is -0.305 e. The van der Waals surface area contributed by atoms with Crippen molar-refractivity contribution in [2.24, 2.45) is 0 Å². The van der Waals surface area contributed by atoms with Gasteiger partial charge in [-0.05, 0) is 36.4 Å². The molecule has 6 N–H and O–H groups in total. The van der Waals surface area contributed by atoms with E-state index in [1.165, 1.54) is 73.6 Å². The van der Waals surface area contributed by atoms with Crippen molar-refractivity contribution in [1.29, 1.82) is 0 Å². The molecule has 3 aromatic heterocycles. The highest BCUT2D eigenvalue weighted by Crippen LogP contribution is 2.22. The lowest BCUT2D eigenvalue weighted by Gasteiger charge is -2.18. The van der Waals surface area contributed by atoms with Gasteiger partial charge >= 0.3 is 0 Å². The second-order valence-corrected chi connectivity index (χ2v) is 8.16. The van der Waals surface area contributed by atoms with Crippen LogP contribution < -0.4 is 32.6 Å². The molecule has 3 aromatic rings. The minimum atomic E-state index is -1.00. The fraction of sp³-hybridized carbons (Fsp3) is 0. The largest absolute Gasteiger partial charge is 0.305 e. The topological polar surface area (TPSA) is 213 Å². The average Bonchev–Trinajstić information content (AvgIpc) is 3.03. The number of allylic oxidation sites excluding steroid dienone is 3. The summed E-state index contributed by atoms with van der Waals surface area (Å²) in [4.78, 5) is 87.7. The van der Waals surface area contributed by atoms with Gasteiger partial charge in [-0.25, -0.2) is 0 Å². The van der Waals surface area contributed by atoms with Gasteiger partial charge in [0.1, 0.15) is 0 Å². The predicted molar refractivity (Wildman–Crippen MR) is 144 cm³/mol. The van der Waals surface area contributed by atoms with Crippen LogP contribution in [-0.4, -0.2) is 50.0 Å². The Morgan fingerprint density at radius 3 is 0.929 bits per heavy atom. The standard InChI is InChI=1S/C27H21N9O6/c37-22-19(13-31-34-25(40)16-1-7-28-8-2-16)23(38)21(15-33-36-27(42)18-5-11-30-12-6-18)24(39)20(22)14-32-35-26(41)17-3-9-29-10-4-17/h1-15,31-33H,(H,34,40)(H,35,41)(H,36,42). The molecule has 4 rings (SSSR count). The van der Waals surface area contributed by atoms with E-state index in [1.54, 1.807) is 0 Å². The number of nitrogens with one attached hydrogen (secondary N) is 6. The Hall–Kier alpha value is -6.51. The fourth-order valence-corrected chi connectivity index (χ4v) is 3.39. The summed E-state index contributed by atoms with van der Waals surface area (Å²) in [6.07, 6.45) is 11.2. The number of hydrogen-bond donors (Lipinski definition) is 6. The van der Waals surface area contributed by atoms with Crippen molar-refractivity contribution in [2.75, 3.05) is 0 Å². The first-order valence-corrected chi connectivity index (χ1v) is 12.0. The SMILES string of the molecule is O=C1C(=CNNC(=O)c2ccncc2)C(=O)C(=CNNC(=O)c2ccncc2)C(=O)C1=CNNC(=O)c1ccncc1. The number of Topliss-reactive ketones (excluding diaryl/α,β-unsaturated/α-hetero) is 3. The number of amides is 3. The van der Waals surface area contributed by atoms with Crippen molar-refractivity contribution in [3.8, 4) is 0 Å². The van der Waals surface area contributed by atoms with Crippen LogP contribution in [0.25, 0.3) is 0 Å². The monoisotopic (exact) mass is 567 g/mol. The number of carbonyl (C=O) groups excluding carboxylic acids is 6. The van der Waals surface area contributed by atoms with E-state index in [1.807, 2.05) is 0 Å². The van der Waals surface area contributed by atoms with Gasteiger partial charge in [0.2, 0.25) is 17.3 Å². The molecule has 1 saturated carbocycles. The zero-order chi connectivity index (χ0) is 29.9. The molecule has 210 valence electrons. The van der Waals surface area contributed by atoms with Crippen molar-refractivity contribution in [3.63, 3.8) is 0 Å². The molecular formula is C27H21N9O6. The third-order valence-corrected chi connectivity index (χ3v) is 5.50. The Balaban J connectivity index is 1.54. The summed E-state index contributed by atoms with van der Waals surface area (Å²) in [7, 11) is 0. The van der Waals surface area contributed by atoms with Gasteiger partial charge in [0.25, 0.3) is 17.7 Å². The van der Waals surface area contributed by atoms with E-state index in [0.29, 0.717) is 0 Å². The average molecular weight is 568 g/mol. The fourth-order valence-electron chi connectivity index (χ4n) is 3.39. The molecule has 1 aliphatic carbocycles. The smallest absolute Gasteiger partial charge is 0.269 e. The molecule has 0 aliphatic heterocycles. The van der Waals surface area contributed by atoms with E-state index in [2.05, 4.69) is 47.5 Å². The molecular weight excluding hydrogens is 546 g/mol. The van der Waals surface area contributed by atoms with Crippen molar-refractivity contribution in [1.82, 2.24) is 47.5 Å². The van der Waals surface area contributed by atoms with Crippen molar-refractivity contribution in [2.45, 2.75) is 0 Å². The van der Waals surface area contributed by atoms with Gasteiger partial charge in [-0.2, -0.15) is 0 Å². The van der Waals surface area contributed by atoms with Crippen molar-refractivity contribution < 1.29 is 28.8 Å². The Bertz CT molecular complexity index is 1400. The lowest BCUT2D eigenvalue weighted by Crippen LogP contribution is -2.40. The maximum absolute atomic E-state index is 13.1. The van der Waals surface area contributed by atoms with Crippen LogP contribution >= 0.6 is 0 Å². The van der Waals surface area contributed by atoms with Gasteiger partial charge in [-0.15, -0.1) is 0 Å². The van der Waals surface area contributed by atoms with E-state index in [-0.39, 0.29) is 16.7 Å². The van der Waals surface area contributed by atoms with E-state index >= 15 is 0 Å². The summed E-state index contributed by atoms with van der Waals surface area (Å²) in [6.45, 7) is 0. The number of hydrazine groups is 3. The molecule has 0 bridgehead atoms. The molecule has 15 heteroatoms. The highest BCUT2D eigenvalue weighted by Gasteiger charge is 2.38.